The lowest BCUT2D eigenvalue weighted by atomic mass is 10.1. The highest BCUT2D eigenvalue weighted by molar-refractivity contribution is 6.09. The maximum absolute atomic E-state index is 12.9. The van der Waals surface area contributed by atoms with Gasteiger partial charge in [-0.3, -0.25) is 14.0 Å². The topological polar surface area (TPSA) is 66.7 Å². The number of nitrogens with one attached hydrogen (secondary N) is 1. The molecule has 27 heavy (non-hydrogen) atoms. The number of fused-ring (bicyclic) bond motifs is 1. The Morgan fingerprint density at radius 1 is 1.11 bits per heavy atom. The number of hydrogen-bond donors (Lipinski definition) is 1. The molecule has 3 aromatic rings. The van der Waals surface area contributed by atoms with E-state index in [9.17, 15) is 9.59 Å². The van der Waals surface area contributed by atoms with E-state index < -0.39 is 0 Å². The van der Waals surface area contributed by atoms with Gasteiger partial charge in [0.15, 0.2) is 5.69 Å². The van der Waals surface area contributed by atoms with E-state index in [-0.39, 0.29) is 23.3 Å². The van der Waals surface area contributed by atoms with Gasteiger partial charge in [0.1, 0.15) is 0 Å². The number of amides is 2. The average molecular weight is 364 g/mol. The van der Waals surface area contributed by atoms with E-state index in [1.54, 1.807) is 21.6 Å². The minimum Gasteiger partial charge on any atom is -0.337 e. The van der Waals surface area contributed by atoms with Gasteiger partial charge in [-0.25, -0.2) is 4.98 Å². The van der Waals surface area contributed by atoms with Crippen LogP contribution in [0.25, 0.3) is 5.52 Å². The first-order valence-electron chi connectivity index (χ1n) is 9.11. The molecule has 2 heterocycles. The summed E-state index contributed by atoms with van der Waals surface area (Å²) in [6.45, 7) is 8.97. The molecule has 6 heteroatoms. The monoisotopic (exact) mass is 364 g/mol. The SMILES string of the molecule is CCN(CC)C(=O)c1nc(C(=O)Nc2ccc(C)cc2C)c2ccccn12. The number of anilines is 1. The average Bonchev–Trinajstić information content (AvgIpc) is 3.04. The number of hydrogen-bond acceptors (Lipinski definition) is 3. The fraction of sp³-hybridized carbons (Fsp3) is 0.286. The van der Waals surface area contributed by atoms with E-state index in [0.717, 1.165) is 16.8 Å². The Bertz CT molecular complexity index is 1000. The Morgan fingerprint density at radius 3 is 2.52 bits per heavy atom. The zero-order valence-electron chi connectivity index (χ0n) is 16.1. The van der Waals surface area contributed by atoms with Gasteiger partial charge in [0.05, 0.1) is 5.52 Å². The summed E-state index contributed by atoms with van der Waals surface area (Å²) in [5, 5.41) is 2.92. The lowest BCUT2D eigenvalue weighted by Crippen LogP contribution is -2.32. The summed E-state index contributed by atoms with van der Waals surface area (Å²) in [7, 11) is 0. The van der Waals surface area contributed by atoms with Crippen molar-refractivity contribution in [2.45, 2.75) is 27.7 Å². The van der Waals surface area contributed by atoms with Crippen molar-refractivity contribution >= 4 is 23.0 Å². The molecule has 2 aromatic heterocycles. The zero-order chi connectivity index (χ0) is 19.6. The lowest BCUT2D eigenvalue weighted by Gasteiger charge is -2.17. The fourth-order valence-electron chi connectivity index (χ4n) is 3.14. The van der Waals surface area contributed by atoms with Crippen LogP contribution in [0.15, 0.2) is 42.6 Å². The summed E-state index contributed by atoms with van der Waals surface area (Å²) in [5.74, 6) is -0.268. The molecule has 0 saturated heterocycles. The van der Waals surface area contributed by atoms with Crippen LogP contribution in [-0.2, 0) is 0 Å². The third-order valence-electron chi connectivity index (χ3n) is 4.64. The molecular weight excluding hydrogens is 340 g/mol. The second-order valence-corrected chi connectivity index (χ2v) is 6.49. The van der Waals surface area contributed by atoms with E-state index in [0.29, 0.717) is 18.6 Å². The first-order valence-corrected chi connectivity index (χ1v) is 9.11. The fourth-order valence-corrected chi connectivity index (χ4v) is 3.14. The standard InChI is InChI=1S/C21H24N4O2/c1-5-24(6-2)21(27)19-23-18(17-9-7-8-12-25(17)19)20(26)22-16-11-10-14(3)13-15(16)4/h7-13H,5-6H2,1-4H3,(H,22,26). The van der Waals surface area contributed by atoms with Gasteiger partial charge < -0.3 is 10.2 Å². The number of nitrogens with zero attached hydrogens (tertiary/aromatic N) is 3. The van der Waals surface area contributed by atoms with Gasteiger partial charge in [0, 0.05) is 25.0 Å². The first-order chi connectivity index (χ1) is 13.0. The van der Waals surface area contributed by atoms with Crippen LogP contribution in [0.2, 0.25) is 0 Å². The maximum atomic E-state index is 12.9. The molecule has 0 aliphatic heterocycles. The van der Waals surface area contributed by atoms with Crippen LogP contribution in [-0.4, -0.2) is 39.2 Å². The molecule has 0 bridgehead atoms. The van der Waals surface area contributed by atoms with Crippen molar-refractivity contribution in [3.8, 4) is 0 Å². The number of imidazole rings is 1. The second-order valence-electron chi connectivity index (χ2n) is 6.49. The highest BCUT2D eigenvalue weighted by atomic mass is 16.2. The second kappa shape index (κ2) is 7.61. The molecule has 0 radical (unpaired) electrons. The normalized spacial score (nSPS) is 10.8. The van der Waals surface area contributed by atoms with Crippen molar-refractivity contribution in [1.82, 2.24) is 14.3 Å². The van der Waals surface area contributed by atoms with Gasteiger partial charge in [0.2, 0.25) is 5.82 Å². The summed E-state index contributed by atoms with van der Waals surface area (Å²) >= 11 is 0. The van der Waals surface area contributed by atoms with E-state index >= 15 is 0 Å². The molecule has 1 aromatic carbocycles. The molecule has 0 aliphatic carbocycles. The van der Waals surface area contributed by atoms with Gasteiger partial charge in [-0.1, -0.05) is 23.8 Å². The van der Waals surface area contributed by atoms with Crippen LogP contribution in [0, 0.1) is 13.8 Å². The number of aryl methyl sites for hydroxylation is 2. The van der Waals surface area contributed by atoms with Gasteiger partial charge in [-0.05, 0) is 51.5 Å². The predicted octanol–water partition coefficient (Wildman–Crippen LogP) is 3.69. The molecular formula is C21H24N4O2. The Morgan fingerprint density at radius 2 is 1.85 bits per heavy atom. The van der Waals surface area contributed by atoms with Gasteiger partial charge in [0.25, 0.3) is 11.8 Å². The maximum Gasteiger partial charge on any atom is 0.290 e. The first kappa shape index (κ1) is 18.6. The minimum atomic E-state index is -0.329. The summed E-state index contributed by atoms with van der Waals surface area (Å²) in [5.41, 5.74) is 3.69. The summed E-state index contributed by atoms with van der Waals surface area (Å²) < 4.78 is 1.68. The molecule has 6 nitrogen and oxygen atoms in total. The number of carbonyl (C=O) groups is 2. The predicted molar refractivity (Wildman–Crippen MR) is 106 cm³/mol. The van der Waals surface area contributed by atoms with Crippen molar-refractivity contribution in [3.63, 3.8) is 0 Å². The van der Waals surface area contributed by atoms with Crippen LogP contribution < -0.4 is 5.32 Å². The smallest absolute Gasteiger partial charge is 0.290 e. The Kier molecular flexibility index (Phi) is 5.26. The summed E-state index contributed by atoms with van der Waals surface area (Å²) in [4.78, 5) is 31.8. The number of benzene rings is 1. The van der Waals surface area contributed by atoms with Crippen molar-refractivity contribution in [1.29, 1.82) is 0 Å². The molecule has 2 amide bonds. The Labute approximate surface area is 158 Å². The highest BCUT2D eigenvalue weighted by Crippen LogP contribution is 2.20. The van der Waals surface area contributed by atoms with Crippen molar-refractivity contribution in [3.05, 3.63) is 65.2 Å². The van der Waals surface area contributed by atoms with Crippen LogP contribution in [0.5, 0.6) is 0 Å². The molecule has 3 rings (SSSR count). The zero-order valence-corrected chi connectivity index (χ0v) is 16.1. The number of aromatic nitrogens is 2. The molecule has 0 fully saturated rings. The van der Waals surface area contributed by atoms with Crippen LogP contribution in [0.3, 0.4) is 0 Å². The van der Waals surface area contributed by atoms with Crippen LogP contribution in [0.1, 0.15) is 46.1 Å². The highest BCUT2D eigenvalue weighted by Gasteiger charge is 2.24. The summed E-state index contributed by atoms with van der Waals surface area (Å²) in [6, 6.07) is 11.3. The number of rotatable bonds is 5. The third-order valence-corrected chi connectivity index (χ3v) is 4.64. The lowest BCUT2D eigenvalue weighted by molar-refractivity contribution is 0.0760. The molecule has 0 saturated carbocycles. The van der Waals surface area contributed by atoms with Crippen molar-refractivity contribution < 1.29 is 9.59 Å². The molecule has 0 spiro atoms. The van der Waals surface area contributed by atoms with Crippen molar-refractivity contribution in [2.75, 3.05) is 18.4 Å². The summed E-state index contributed by atoms with van der Waals surface area (Å²) in [6.07, 6.45) is 1.76. The largest absolute Gasteiger partial charge is 0.337 e. The van der Waals surface area contributed by atoms with Crippen molar-refractivity contribution in [2.24, 2.45) is 0 Å². The van der Waals surface area contributed by atoms with E-state index in [1.165, 1.54) is 0 Å². The molecule has 0 atom stereocenters. The van der Waals surface area contributed by atoms with Crippen LogP contribution in [0.4, 0.5) is 5.69 Å². The quantitative estimate of drug-likeness (QED) is 0.751. The Balaban J connectivity index is 2.01. The minimum absolute atomic E-state index is 0.188. The van der Waals surface area contributed by atoms with Gasteiger partial charge >= 0.3 is 0 Å². The van der Waals surface area contributed by atoms with E-state index in [4.69, 9.17) is 0 Å². The molecule has 1 N–H and O–H groups in total. The van der Waals surface area contributed by atoms with Crippen LogP contribution >= 0.6 is 0 Å². The third kappa shape index (κ3) is 3.56. The van der Waals surface area contributed by atoms with Gasteiger partial charge in [-0.15, -0.1) is 0 Å². The number of carbonyl (C=O) groups excluding carboxylic acids is 2. The number of pyridine rings is 1. The Hall–Kier alpha value is -3.15. The molecule has 140 valence electrons. The van der Waals surface area contributed by atoms with E-state index in [2.05, 4.69) is 10.3 Å². The van der Waals surface area contributed by atoms with Gasteiger partial charge in [-0.2, -0.15) is 0 Å². The molecule has 0 unspecified atom stereocenters. The molecule has 0 aliphatic rings. The van der Waals surface area contributed by atoms with E-state index in [1.807, 2.05) is 58.0 Å².